The lowest BCUT2D eigenvalue weighted by Crippen LogP contribution is -2.47. The fourth-order valence-electron chi connectivity index (χ4n) is 4.76. The highest BCUT2D eigenvalue weighted by Gasteiger charge is 2.47. The first-order chi connectivity index (χ1) is 18.5. The van der Waals surface area contributed by atoms with Crippen molar-refractivity contribution in [2.75, 3.05) is 19.9 Å². The molecule has 0 radical (unpaired) electrons. The number of carbonyl (C=O) groups excluding carboxylic acids is 1. The van der Waals surface area contributed by atoms with Crippen LogP contribution in [0, 0.1) is 16.7 Å². The molecule has 0 aromatic carbocycles. The van der Waals surface area contributed by atoms with Gasteiger partial charge in [0.1, 0.15) is 21.7 Å². The van der Waals surface area contributed by atoms with Crippen molar-refractivity contribution in [1.82, 2.24) is 19.9 Å². The van der Waals surface area contributed by atoms with Crippen molar-refractivity contribution in [2.24, 2.45) is 5.41 Å². The average Bonchev–Trinajstić information content (AvgIpc) is 3.24. The molecule has 0 spiro atoms. The highest BCUT2D eigenvalue weighted by molar-refractivity contribution is 7.91. The summed E-state index contributed by atoms with van der Waals surface area (Å²) in [5.41, 5.74) is -3.40. The standard InChI is InChI=1S/C26H34F3N5O5S/c1-6-20-33-21(23(35)32-15-25(36)9-7-17(8-10-25)40(5,37)38)18(13-30)34(20)22-19(39-4)11-16(14-31-22)12-24(2,3)26(27,28)29/h11,14,17,36H,6-10,12,15H2,1-5H3,(H,32,35)/t17-,25+. The van der Waals surface area contributed by atoms with E-state index in [0.717, 1.165) is 20.1 Å². The number of aliphatic hydroxyl groups is 1. The van der Waals surface area contributed by atoms with Crippen molar-refractivity contribution < 1.29 is 36.2 Å². The molecular formula is C26H34F3N5O5S. The molecule has 0 atom stereocenters. The minimum atomic E-state index is -4.44. The van der Waals surface area contributed by atoms with Gasteiger partial charge in [-0.1, -0.05) is 20.8 Å². The zero-order valence-electron chi connectivity index (χ0n) is 23.1. The number of hydrogen-bond donors (Lipinski definition) is 2. The van der Waals surface area contributed by atoms with E-state index in [1.165, 1.54) is 23.9 Å². The van der Waals surface area contributed by atoms with Gasteiger partial charge in [-0.2, -0.15) is 18.4 Å². The molecular weight excluding hydrogens is 551 g/mol. The number of sulfone groups is 1. The van der Waals surface area contributed by atoms with Crippen LogP contribution in [0.5, 0.6) is 5.75 Å². The van der Waals surface area contributed by atoms with Gasteiger partial charge >= 0.3 is 6.18 Å². The Morgan fingerprint density at radius 3 is 2.45 bits per heavy atom. The summed E-state index contributed by atoms with van der Waals surface area (Å²) in [4.78, 5) is 21.7. The van der Waals surface area contributed by atoms with Crippen molar-refractivity contribution in [3.8, 4) is 17.6 Å². The number of nitrogens with one attached hydrogen (secondary N) is 1. The van der Waals surface area contributed by atoms with Crippen LogP contribution < -0.4 is 10.1 Å². The largest absolute Gasteiger partial charge is 0.493 e. The number of aryl methyl sites for hydroxylation is 1. The molecule has 2 N–H and O–H groups in total. The lowest BCUT2D eigenvalue weighted by Gasteiger charge is -2.35. The number of halogens is 3. The lowest BCUT2D eigenvalue weighted by molar-refractivity contribution is -0.211. The SMILES string of the molecule is CCc1nc(C(=O)NC[C@]2(O)CC[C@@H](S(C)(=O)=O)CC2)c(C#N)n1-c1ncc(CC(C)(C)C(F)(F)F)cc1OC. The summed E-state index contributed by atoms with van der Waals surface area (Å²) in [6.45, 7) is 3.76. The second-order valence-corrected chi connectivity index (χ2v) is 13.2. The predicted octanol–water partition coefficient (Wildman–Crippen LogP) is 3.29. The van der Waals surface area contributed by atoms with E-state index in [1.807, 2.05) is 6.07 Å². The zero-order chi connectivity index (χ0) is 30.1. The maximum Gasteiger partial charge on any atom is 0.394 e. The van der Waals surface area contributed by atoms with Gasteiger partial charge in [0, 0.05) is 25.4 Å². The topological polar surface area (TPSA) is 147 Å². The van der Waals surface area contributed by atoms with Gasteiger partial charge in [0.2, 0.25) is 0 Å². The summed E-state index contributed by atoms with van der Waals surface area (Å²) < 4.78 is 70.6. The Morgan fingerprint density at radius 2 is 1.95 bits per heavy atom. The second-order valence-electron chi connectivity index (χ2n) is 10.9. The number of nitrogens with zero attached hydrogens (tertiary/aromatic N) is 4. The number of methoxy groups -OCH3 is 1. The molecule has 2 heterocycles. The Bertz CT molecular complexity index is 1400. The van der Waals surface area contributed by atoms with Gasteiger partial charge in [-0.3, -0.25) is 9.36 Å². The van der Waals surface area contributed by atoms with Crippen LogP contribution in [0.3, 0.4) is 0 Å². The molecule has 2 aromatic rings. The number of alkyl halides is 3. The van der Waals surface area contributed by atoms with E-state index >= 15 is 0 Å². The molecule has 1 aliphatic rings. The molecule has 2 aromatic heterocycles. The molecule has 10 nitrogen and oxygen atoms in total. The van der Waals surface area contributed by atoms with Crippen molar-refractivity contribution >= 4 is 15.7 Å². The van der Waals surface area contributed by atoms with Crippen molar-refractivity contribution in [3.05, 3.63) is 35.0 Å². The van der Waals surface area contributed by atoms with Crippen LogP contribution in [0.2, 0.25) is 0 Å². The number of hydrogen-bond acceptors (Lipinski definition) is 8. The predicted molar refractivity (Wildman–Crippen MR) is 140 cm³/mol. The van der Waals surface area contributed by atoms with E-state index in [1.54, 1.807) is 6.92 Å². The third kappa shape index (κ3) is 6.58. The van der Waals surface area contributed by atoms with Crippen LogP contribution in [-0.2, 0) is 22.7 Å². The first-order valence-electron chi connectivity index (χ1n) is 12.8. The molecule has 0 bridgehead atoms. The monoisotopic (exact) mass is 585 g/mol. The first-order valence-corrected chi connectivity index (χ1v) is 14.7. The summed E-state index contributed by atoms with van der Waals surface area (Å²) in [6, 6.07) is 3.37. The van der Waals surface area contributed by atoms with E-state index in [-0.39, 0.29) is 73.6 Å². The number of rotatable bonds is 9. The first kappa shape index (κ1) is 31.3. The number of aromatic nitrogens is 3. The molecule has 1 fully saturated rings. The molecule has 220 valence electrons. The van der Waals surface area contributed by atoms with Crippen molar-refractivity contribution in [2.45, 2.75) is 76.3 Å². The van der Waals surface area contributed by atoms with Crippen LogP contribution in [0.25, 0.3) is 5.82 Å². The number of imidazole rings is 1. The molecule has 0 unspecified atom stereocenters. The highest BCUT2D eigenvalue weighted by atomic mass is 32.2. The molecule has 1 amide bonds. The third-order valence-electron chi connectivity index (χ3n) is 7.37. The number of pyridine rings is 1. The summed E-state index contributed by atoms with van der Waals surface area (Å²) in [5.74, 6) is -0.230. The molecule has 3 rings (SSSR count). The number of nitriles is 1. The quantitative estimate of drug-likeness (QED) is 0.456. The van der Waals surface area contributed by atoms with Gasteiger partial charge in [-0.05, 0) is 43.7 Å². The Balaban J connectivity index is 1.88. The normalized spacial score (nSPS) is 20.1. The number of amides is 1. The van der Waals surface area contributed by atoms with Crippen LogP contribution in [0.15, 0.2) is 12.3 Å². The molecule has 1 aliphatic carbocycles. The number of ether oxygens (including phenoxy) is 1. The summed E-state index contributed by atoms with van der Waals surface area (Å²) in [6.07, 6.45) is -1.16. The van der Waals surface area contributed by atoms with E-state index < -0.39 is 38.2 Å². The summed E-state index contributed by atoms with van der Waals surface area (Å²) in [5, 5.41) is 22.9. The van der Waals surface area contributed by atoms with E-state index in [2.05, 4.69) is 15.3 Å². The maximum absolute atomic E-state index is 13.4. The Morgan fingerprint density at radius 1 is 1.32 bits per heavy atom. The van der Waals surface area contributed by atoms with Gasteiger partial charge in [0.15, 0.2) is 23.0 Å². The van der Waals surface area contributed by atoms with E-state index in [4.69, 9.17) is 4.74 Å². The summed E-state index contributed by atoms with van der Waals surface area (Å²) in [7, 11) is -1.91. The minimum absolute atomic E-state index is 0.0914. The maximum atomic E-state index is 13.4. The highest BCUT2D eigenvalue weighted by Crippen LogP contribution is 2.41. The Kier molecular flexibility index (Phi) is 8.91. The molecule has 14 heteroatoms. The molecule has 1 saturated carbocycles. The summed E-state index contributed by atoms with van der Waals surface area (Å²) >= 11 is 0. The molecule has 0 aliphatic heterocycles. The fourth-order valence-corrected chi connectivity index (χ4v) is 5.85. The fraction of sp³-hybridized carbons (Fsp3) is 0.615. The third-order valence-corrected chi connectivity index (χ3v) is 9.05. The van der Waals surface area contributed by atoms with Crippen molar-refractivity contribution in [1.29, 1.82) is 5.26 Å². The Labute approximate surface area is 231 Å². The van der Waals surface area contributed by atoms with Gasteiger partial charge in [0.05, 0.1) is 23.4 Å². The molecule has 0 saturated heterocycles. The lowest BCUT2D eigenvalue weighted by atomic mass is 9.84. The van der Waals surface area contributed by atoms with Gasteiger partial charge in [0.25, 0.3) is 5.91 Å². The average molecular weight is 586 g/mol. The van der Waals surface area contributed by atoms with Crippen LogP contribution in [-0.4, -0.2) is 70.9 Å². The Hall–Kier alpha value is -3.18. The van der Waals surface area contributed by atoms with Gasteiger partial charge in [-0.15, -0.1) is 0 Å². The van der Waals surface area contributed by atoms with Crippen LogP contribution >= 0.6 is 0 Å². The van der Waals surface area contributed by atoms with Crippen molar-refractivity contribution in [3.63, 3.8) is 0 Å². The minimum Gasteiger partial charge on any atom is -0.493 e. The van der Waals surface area contributed by atoms with E-state index in [0.29, 0.717) is 5.82 Å². The van der Waals surface area contributed by atoms with Gasteiger partial charge < -0.3 is 15.2 Å². The van der Waals surface area contributed by atoms with Crippen LogP contribution in [0.4, 0.5) is 13.2 Å². The van der Waals surface area contributed by atoms with E-state index in [9.17, 15) is 36.8 Å². The number of carbonyl (C=O) groups is 1. The second kappa shape index (κ2) is 11.4. The zero-order valence-corrected chi connectivity index (χ0v) is 23.9. The van der Waals surface area contributed by atoms with Crippen LogP contribution in [0.1, 0.15) is 74.0 Å². The molecule has 40 heavy (non-hydrogen) atoms. The van der Waals surface area contributed by atoms with Gasteiger partial charge in [-0.25, -0.2) is 18.4 Å². The smallest absolute Gasteiger partial charge is 0.394 e.